The maximum atomic E-state index is 12.5. The number of terminal acetylenes is 2. The minimum Gasteiger partial charge on any atom is -0.497 e. The number of carbonyl (C=O) groups is 4. The average molecular weight is 1610 g/mol. The molecular formula is C94H88N12O14. The number of nitrogens with zero attached hydrogens (tertiary/aromatic N) is 12. The molecule has 4 aliphatic carbocycles. The Morgan fingerprint density at radius 2 is 0.700 bits per heavy atom. The highest BCUT2D eigenvalue weighted by atomic mass is 16.5. The summed E-state index contributed by atoms with van der Waals surface area (Å²) in [7, 11) is 3.24. The first kappa shape index (κ1) is 79.2. The van der Waals surface area contributed by atoms with Crippen LogP contribution in [0, 0.1) is 24.7 Å². The SMILES string of the molecule is C#Cc1ccc(-c2nc(-c3cccc4c3CCC43CC(=O)N(CCO)C3)no2)cc1.C#Cc1cccc(-c2nc(-c3cccc4c3CCC43CC(=O)N(CCO)C3)no2)c1.COc1cccc(-c2nc(-c3cccc4c3CCC43CC(=O)N(CCO)C3)no2)c1.COc1ccccc1-c1nc(-c2cccc3c2CCC32CC(=O)N(CCO)C2)no1. The van der Waals surface area contributed by atoms with E-state index in [-0.39, 0.29) is 71.7 Å². The molecule has 4 fully saturated rings. The van der Waals surface area contributed by atoms with Crippen LogP contribution in [0.3, 0.4) is 0 Å². The van der Waals surface area contributed by atoms with Gasteiger partial charge in [-0.3, -0.25) is 19.2 Å². The summed E-state index contributed by atoms with van der Waals surface area (Å²) < 4.78 is 32.8. The number of methoxy groups -OCH3 is 2. The number of aliphatic hydroxyl groups is 4. The third-order valence-corrected chi connectivity index (χ3v) is 25.1. The van der Waals surface area contributed by atoms with Gasteiger partial charge in [0, 0.05) is 150 Å². The quantitative estimate of drug-likeness (QED) is 0.0580. The van der Waals surface area contributed by atoms with Crippen molar-refractivity contribution < 1.29 is 67.2 Å². The summed E-state index contributed by atoms with van der Waals surface area (Å²) in [5, 5.41) is 54.0. The predicted molar refractivity (Wildman–Crippen MR) is 443 cm³/mol. The second-order valence-corrected chi connectivity index (χ2v) is 31.9. The van der Waals surface area contributed by atoms with Crippen LogP contribution >= 0.6 is 0 Å². The molecule has 26 nitrogen and oxygen atoms in total. The van der Waals surface area contributed by atoms with E-state index < -0.39 is 0 Å². The Labute approximate surface area is 692 Å². The van der Waals surface area contributed by atoms with Gasteiger partial charge >= 0.3 is 0 Å². The van der Waals surface area contributed by atoms with E-state index in [2.05, 4.69) is 76.7 Å². The Hall–Kier alpha value is -13.2. The van der Waals surface area contributed by atoms with Gasteiger partial charge in [0.05, 0.1) is 46.2 Å². The number of aliphatic hydroxyl groups excluding tert-OH is 4. The minimum absolute atomic E-state index is 0.00930. The van der Waals surface area contributed by atoms with Crippen LogP contribution in [-0.4, -0.2) is 197 Å². The standard InChI is InChI=1S/2C24H21N3O3.2C23H23N3O4/c1-2-16-5-3-6-17(13-16)23-25-22(26-30-23)19-7-4-8-20-18(19)9-10-24(20)14-21(29)27(15-24)11-12-28;1-2-16-6-8-17(9-7-16)23-25-22(26-30-23)19-4-3-5-20-18(19)10-11-24(20)14-21(29)27(15-24)12-13-28;1-29-16-5-2-4-15(12-16)22-24-21(25-30-22)18-6-3-7-19-17(18)8-9-23(19)13-20(28)26(14-23)10-11-27;1-29-19-8-3-2-5-17(19)22-24-21(25-30-22)16-6-4-7-18-15(16)9-10-23(18)13-20(28)26(14-23)11-12-27/h1,3-8,13,28H,9-12,14-15H2;1,3-9,28H,10-15H2;2-7,12,27H,8-11,13-14H2,1H3;2-8,27H,9-14H2,1H3. The van der Waals surface area contributed by atoms with Gasteiger partial charge in [-0.05, 0) is 169 Å². The summed E-state index contributed by atoms with van der Waals surface area (Å²) in [5.41, 5.74) is 17.3. The van der Waals surface area contributed by atoms with Gasteiger partial charge in [0.25, 0.3) is 23.6 Å². The van der Waals surface area contributed by atoms with Crippen molar-refractivity contribution in [1.82, 2.24) is 60.2 Å². The van der Waals surface area contributed by atoms with Crippen LogP contribution in [0.15, 0.2) is 188 Å². The number of aromatic nitrogens is 8. The van der Waals surface area contributed by atoms with Gasteiger partial charge in [0.15, 0.2) is 0 Å². The van der Waals surface area contributed by atoms with Crippen molar-refractivity contribution in [3.63, 3.8) is 0 Å². The molecule has 8 aliphatic rings. The third kappa shape index (κ3) is 14.8. The summed E-state index contributed by atoms with van der Waals surface area (Å²) >= 11 is 0. The van der Waals surface area contributed by atoms with Crippen molar-refractivity contribution in [3.05, 3.63) is 225 Å². The summed E-state index contributed by atoms with van der Waals surface area (Å²) in [6.07, 6.45) is 20.0. The molecule has 4 saturated heterocycles. The van der Waals surface area contributed by atoms with Gasteiger partial charge in [0.1, 0.15) is 11.5 Å². The van der Waals surface area contributed by atoms with E-state index in [0.29, 0.717) is 131 Å². The Morgan fingerprint density at radius 3 is 1.07 bits per heavy atom. The third-order valence-electron chi connectivity index (χ3n) is 25.1. The molecular weight excluding hydrogens is 1520 g/mol. The fraction of sp³-hybridized carbons (Fsp3) is 0.319. The number of rotatable bonds is 18. The average Bonchev–Trinajstić information content (AvgIpc) is 1.60. The zero-order chi connectivity index (χ0) is 82.9. The molecule has 4 unspecified atom stereocenters. The largest absolute Gasteiger partial charge is 0.497 e. The van der Waals surface area contributed by atoms with Gasteiger partial charge in [-0.2, -0.15) is 19.9 Å². The highest BCUT2D eigenvalue weighted by Gasteiger charge is 2.53. The van der Waals surface area contributed by atoms with E-state index in [9.17, 15) is 39.6 Å². The Morgan fingerprint density at radius 1 is 0.367 bits per heavy atom. The summed E-state index contributed by atoms with van der Waals surface area (Å²) in [5.74, 6) is 11.0. The molecule has 0 radical (unpaired) electrons. The molecule has 4 aliphatic heterocycles. The molecule has 608 valence electrons. The number of fused-ring (bicyclic) bond motifs is 8. The van der Waals surface area contributed by atoms with Crippen molar-refractivity contribution in [2.24, 2.45) is 0 Å². The van der Waals surface area contributed by atoms with E-state index >= 15 is 0 Å². The number of para-hydroxylation sites is 1. The molecule has 20 rings (SSSR count). The topological polar surface area (TPSA) is 336 Å². The van der Waals surface area contributed by atoms with Crippen LogP contribution in [0.1, 0.15) is 107 Å². The highest BCUT2D eigenvalue weighted by molar-refractivity contribution is 5.86. The molecule has 4 aromatic heterocycles. The number of hydrogen-bond acceptors (Lipinski definition) is 22. The monoisotopic (exact) mass is 1610 g/mol. The molecule has 4 spiro atoms. The predicted octanol–water partition coefficient (Wildman–Crippen LogP) is 11.2. The van der Waals surface area contributed by atoms with Gasteiger partial charge < -0.3 is 67.6 Å². The minimum atomic E-state index is -0.189. The number of β-amino-alcohol motifs (C(OH)–C–C–N with tert-alkyl or cyclic N) is 4. The second kappa shape index (κ2) is 33.3. The molecule has 0 saturated carbocycles. The maximum absolute atomic E-state index is 12.5. The van der Waals surface area contributed by atoms with Crippen LogP contribution in [0.2, 0.25) is 0 Å². The Bertz CT molecular complexity index is 6000. The van der Waals surface area contributed by atoms with Gasteiger partial charge in [-0.1, -0.05) is 130 Å². The fourth-order valence-electron chi connectivity index (χ4n) is 19.4. The Kier molecular flexibility index (Phi) is 22.0. The smallest absolute Gasteiger partial charge is 0.262 e. The van der Waals surface area contributed by atoms with E-state index in [1.807, 2.05) is 146 Å². The van der Waals surface area contributed by atoms with Gasteiger partial charge in [0.2, 0.25) is 46.9 Å². The van der Waals surface area contributed by atoms with Crippen molar-refractivity contribution >= 4 is 23.6 Å². The summed E-state index contributed by atoms with van der Waals surface area (Å²) in [6, 6.07) is 54.5. The van der Waals surface area contributed by atoms with E-state index in [4.69, 9.17) is 40.4 Å². The lowest BCUT2D eigenvalue weighted by Gasteiger charge is -2.24. The molecule has 12 aromatic rings. The summed E-state index contributed by atoms with van der Waals surface area (Å²) in [4.78, 5) is 75.5. The second-order valence-electron chi connectivity index (χ2n) is 31.9. The van der Waals surface area contributed by atoms with Crippen LogP contribution < -0.4 is 9.47 Å². The van der Waals surface area contributed by atoms with Crippen molar-refractivity contribution in [2.75, 3.05) is 93.0 Å². The lowest BCUT2D eigenvalue weighted by atomic mass is 9.80. The van der Waals surface area contributed by atoms with Crippen molar-refractivity contribution in [1.29, 1.82) is 0 Å². The zero-order valence-corrected chi connectivity index (χ0v) is 66.5. The highest BCUT2D eigenvalue weighted by Crippen LogP contribution is 2.53. The lowest BCUT2D eigenvalue weighted by molar-refractivity contribution is -0.128. The number of ether oxygens (including phenoxy) is 2. The first-order chi connectivity index (χ1) is 58.5. The van der Waals surface area contributed by atoms with Crippen LogP contribution in [0.4, 0.5) is 0 Å². The van der Waals surface area contributed by atoms with Gasteiger partial charge in [-0.25, -0.2) is 0 Å². The first-order valence-corrected chi connectivity index (χ1v) is 40.4. The molecule has 8 heterocycles. The molecule has 4 amide bonds. The number of amides is 4. The van der Waals surface area contributed by atoms with Gasteiger partial charge in [-0.15, -0.1) is 12.8 Å². The van der Waals surface area contributed by atoms with E-state index in [1.54, 1.807) is 33.8 Å². The first-order valence-electron chi connectivity index (χ1n) is 40.4. The number of carbonyl (C=O) groups excluding carboxylic acids is 4. The molecule has 0 bridgehead atoms. The number of benzene rings is 8. The normalized spacial score (nSPS) is 20.1. The Balaban J connectivity index is 0.000000114. The molecule has 4 atom stereocenters. The van der Waals surface area contributed by atoms with E-state index in [0.717, 1.165) is 113 Å². The van der Waals surface area contributed by atoms with Crippen LogP contribution in [0.25, 0.3) is 91.4 Å². The van der Waals surface area contributed by atoms with Crippen molar-refractivity contribution in [2.45, 2.75) is 98.7 Å². The lowest BCUT2D eigenvalue weighted by Crippen LogP contribution is -2.32. The summed E-state index contributed by atoms with van der Waals surface area (Å²) in [6.45, 7) is 4.14. The number of likely N-dealkylation sites (tertiary alicyclic amines) is 4. The van der Waals surface area contributed by atoms with Crippen LogP contribution in [-0.2, 0) is 66.5 Å². The fourth-order valence-corrected chi connectivity index (χ4v) is 19.4. The van der Waals surface area contributed by atoms with Crippen LogP contribution in [0.5, 0.6) is 11.5 Å². The molecule has 120 heavy (non-hydrogen) atoms. The van der Waals surface area contributed by atoms with E-state index in [1.165, 1.54) is 44.5 Å². The zero-order valence-electron chi connectivity index (χ0n) is 66.5. The molecule has 4 N–H and O–H groups in total. The molecule has 8 aromatic carbocycles. The van der Waals surface area contributed by atoms with Crippen molar-refractivity contribution in [3.8, 4) is 128 Å². The maximum Gasteiger partial charge on any atom is 0.262 e. The number of hydrogen-bond donors (Lipinski definition) is 4. The molecule has 26 heteroatoms.